The van der Waals surface area contributed by atoms with Crippen LogP contribution in [0.2, 0.25) is 0 Å². The monoisotopic (exact) mass is 531 g/mol. The number of pyridine rings is 1. The molecule has 174 valence electrons. The fourth-order valence-corrected chi connectivity index (χ4v) is 4.13. The SMILES string of the molecule is COc1c(-c2cc(C(=O)Nc3cccc(C(F)(F)F)n3)ccc2C)cc2cnc(N)nc2c1Br. The molecule has 0 aliphatic rings. The second-order valence-electron chi connectivity index (χ2n) is 7.33. The van der Waals surface area contributed by atoms with Crippen molar-refractivity contribution in [1.29, 1.82) is 0 Å². The van der Waals surface area contributed by atoms with Gasteiger partial charge >= 0.3 is 6.18 Å². The van der Waals surface area contributed by atoms with E-state index in [0.717, 1.165) is 11.6 Å². The number of aryl methyl sites for hydroxylation is 1. The van der Waals surface area contributed by atoms with Gasteiger partial charge in [-0.1, -0.05) is 12.1 Å². The zero-order chi connectivity index (χ0) is 24.6. The van der Waals surface area contributed by atoms with Gasteiger partial charge in [-0.05, 0) is 64.3 Å². The van der Waals surface area contributed by atoms with Gasteiger partial charge in [0.2, 0.25) is 5.95 Å². The number of halogens is 4. The van der Waals surface area contributed by atoms with Crippen LogP contribution in [0.3, 0.4) is 0 Å². The van der Waals surface area contributed by atoms with Crippen molar-refractivity contribution in [2.45, 2.75) is 13.1 Å². The van der Waals surface area contributed by atoms with Crippen LogP contribution in [-0.4, -0.2) is 28.0 Å². The summed E-state index contributed by atoms with van der Waals surface area (Å²) in [6.07, 6.45) is -3.04. The summed E-state index contributed by atoms with van der Waals surface area (Å²) in [7, 11) is 1.51. The van der Waals surface area contributed by atoms with Crippen molar-refractivity contribution in [2.75, 3.05) is 18.2 Å². The molecule has 7 nitrogen and oxygen atoms in total. The van der Waals surface area contributed by atoms with Gasteiger partial charge in [-0.2, -0.15) is 13.2 Å². The molecule has 0 atom stereocenters. The van der Waals surface area contributed by atoms with E-state index in [4.69, 9.17) is 10.5 Å². The Hall–Kier alpha value is -3.73. The van der Waals surface area contributed by atoms with Gasteiger partial charge in [-0.25, -0.2) is 15.0 Å². The van der Waals surface area contributed by atoms with Gasteiger partial charge in [0.25, 0.3) is 5.91 Å². The number of alkyl halides is 3. The maximum Gasteiger partial charge on any atom is 0.433 e. The molecule has 0 radical (unpaired) electrons. The van der Waals surface area contributed by atoms with Gasteiger partial charge in [0, 0.05) is 22.7 Å². The first kappa shape index (κ1) is 23.4. The maximum atomic E-state index is 12.9. The number of nitrogens with two attached hydrogens (primary N) is 1. The Kier molecular flexibility index (Phi) is 6.13. The minimum atomic E-state index is -4.62. The molecule has 0 aliphatic carbocycles. The summed E-state index contributed by atoms with van der Waals surface area (Å²) in [4.78, 5) is 24.6. The molecule has 3 N–H and O–H groups in total. The Morgan fingerprint density at radius 3 is 2.59 bits per heavy atom. The average molecular weight is 532 g/mol. The van der Waals surface area contributed by atoms with Crippen molar-refractivity contribution in [1.82, 2.24) is 15.0 Å². The number of anilines is 2. The molecule has 0 aliphatic heterocycles. The second-order valence-corrected chi connectivity index (χ2v) is 8.12. The average Bonchev–Trinajstić information content (AvgIpc) is 2.79. The Morgan fingerprint density at radius 1 is 1.12 bits per heavy atom. The molecule has 0 spiro atoms. The van der Waals surface area contributed by atoms with Crippen molar-refractivity contribution >= 4 is 44.5 Å². The number of aromatic nitrogens is 3. The van der Waals surface area contributed by atoms with Crippen molar-refractivity contribution in [2.24, 2.45) is 0 Å². The van der Waals surface area contributed by atoms with Gasteiger partial charge < -0.3 is 15.8 Å². The molecule has 0 saturated carbocycles. The first-order valence-corrected chi connectivity index (χ1v) is 10.6. The summed E-state index contributed by atoms with van der Waals surface area (Å²) in [5, 5.41) is 3.11. The Balaban J connectivity index is 1.75. The number of nitrogens with one attached hydrogen (secondary N) is 1. The third-order valence-corrected chi connectivity index (χ3v) is 5.80. The van der Waals surface area contributed by atoms with E-state index in [9.17, 15) is 18.0 Å². The normalized spacial score (nSPS) is 11.5. The van der Waals surface area contributed by atoms with Crippen LogP contribution in [0.1, 0.15) is 21.6 Å². The number of carbonyl (C=O) groups is 1. The number of nitrogen functional groups attached to an aromatic ring is 1. The zero-order valence-electron chi connectivity index (χ0n) is 17.9. The smallest absolute Gasteiger partial charge is 0.433 e. The number of nitrogens with zero attached hydrogens (tertiary/aromatic N) is 3. The molecule has 4 aromatic rings. The van der Waals surface area contributed by atoms with E-state index in [-0.39, 0.29) is 17.3 Å². The lowest BCUT2D eigenvalue weighted by atomic mass is 9.96. The van der Waals surface area contributed by atoms with Crippen molar-refractivity contribution in [3.63, 3.8) is 0 Å². The molecule has 2 heterocycles. The minimum absolute atomic E-state index is 0.112. The molecule has 0 bridgehead atoms. The van der Waals surface area contributed by atoms with Gasteiger partial charge in [-0.3, -0.25) is 4.79 Å². The first-order chi connectivity index (χ1) is 16.1. The summed E-state index contributed by atoms with van der Waals surface area (Å²) in [6.45, 7) is 1.86. The van der Waals surface area contributed by atoms with E-state index < -0.39 is 17.8 Å². The number of rotatable bonds is 4. The molecule has 4 rings (SSSR count). The van der Waals surface area contributed by atoms with Gasteiger partial charge in [0.15, 0.2) is 0 Å². The number of carbonyl (C=O) groups excluding carboxylic acids is 1. The second kappa shape index (κ2) is 8.90. The minimum Gasteiger partial charge on any atom is -0.495 e. The number of methoxy groups -OCH3 is 1. The number of benzene rings is 2. The third-order valence-electron chi connectivity index (χ3n) is 5.06. The topological polar surface area (TPSA) is 103 Å². The van der Waals surface area contributed by atoms with Crippen LogP contribution >= 0.6 is 15.9 Å². The lowest BCUT2D eigenvalue weighted by molar-refractivity contribution is -0.141. The van der Waals surface area contributed by atoms with E-state index in [2.05, 4.69) is 36.2 Å². The van der Waals surface area contributed by atoms with E-state index in [1.807, 2.05) is 13.0 Å². The molecule has 11 heteroatoms. The van der Waals surface area contributed by atoms with Crippen LogP contribution < -0.4 is 15.8 Å². The molecule has 2 aromatic carbocycles. The van der Waals surface area contributed by atoms with E-state index in [1.165, 1.54) is 19.2 Å². The number of fused-ring (bicyclic) bond motifs is 1. The highest BCUT2D eigenvalue weighted by Crippen LogP contribution is 2.42. The Bertz CT molecular complexity index is 1430. The molecule has 0 saturated heterocycles. The first-order valence-electron chi connectivity index (χ1n) is 9.84. The number of amides is 1. The third kappa shape index (κ3) is 4.51. The summed E-state index contributed by atoms with van der Waals surface area (Å²) >= 11 is 3.51. The molecular weight excluding hydrogens is 515 g/mol. The summed E-state index contributed by atoms with van der Waals surface area (Å²) < 4.78 is 45.0. The largest absolute Gasteiger partial charge is 0.495 e. The maximum absolute atomic E-state index is 12.9. The quantitative estimate of drug-likeness (QED) is 0.354. The van der Waals surface area contributed by atoms with Crippen molar-refractivity contribution in [3.8, 4) is 16.9 Å². The molecular formula is C23H17BrF3N5O2. The van der Waals surface area contributed by atoms with E-state index in [1.54, 1.807) is 24.4 Å². The zero-order valence-corrected chi connectivity index (χ0v) is 19.5. The fraction of sp³-hybridized carbons (Fsp3) is 0.130. The summed E-state index contributed by atoms with van der Waals surface area (Å²) in [5.74, 6) is -0.224. The highest BCUT2D eigenvalue weighted by atomic mass is 79.9. The van der Waals surface area contributed by atoms with Gasteiger partial charge in [0.05, 0.1) is 17.1 Å². The summed E-state index contributed by atoms with van der Waals surface area (Å²) in [5.41, 5.74) is 7.60. The highest BCUT2D eigenvalue weighted by Gasteiger charge is 2.32. The van der Waals surface area contributed by atoms with Crippen LogP contribution in [-0.2, 0) is 6.18 Å². The lowest BCUT2D eigenvalue weighted by Gasteiger charge is -2.16. The molecule has 0 fully saturated rings. The van der Waals surface area contributed by atoms with Crippen LogP contribution in [0, 0.1) is 6.92 Å². The van der Waals surface area contributed by atoms with E-state index in [0.29, 0.717) is 32.3 Å². The Labute approximate surface area is 200 Å². The lowest BCUT2D eigenvalue weighted by Crippen LogP contribution is -2.15. The van der Waals surface area contributed by atoms with Crippen LogP contribution in [0.4, 0.5) is 24.9 Å². The van der Waals surface area contributed by atoms with Crippen LogP contribution in [0.15, 0.2) is 53.1 Å². The summed E-state index contributed by atoms with van der Waals surface area (Å²) in [6, 6.07) is 10.1. The number of hydrogen-bond acceptors (Lipinski definition) is 6. The van der Waals surface area contributed by atoms with Gasteiger partial charge in [-0.15, -0.1) is 0 Å². The van der Waals surface area contributed by atoms with E-state index >= 15 is 0 Å². The Morgan fingerprint density at radius 2 is 1.88 bits per heavy atom. The number of ether oxygens (including phenoxy) is 1. The molecule has 0 unspecified atom stereocenters. The van der Waals surface area contributed by atoms with Gasteiger partial charge in [0.1, 0.15) is 17.3 Å². The highest BCUT2D eigenvalue weighted by molar-refractivity contribution is 9.10. The molecule has 1 amide bonds. The van der Waals surface area contributed by atoms with Crippen LogP contribution in [0.5, 0.6) is 5.75 Å². The van der Waals surface area contributed by atoms with Crippen LogP contribution in [0.25, 0.3) is 22.0 Å². The standard InChI is InChI=1S/C23H17BrF3N5O2/c1-11-6-7-12(21(33)31-17-5-3-4-16(30-17)23(25,26)27)8-14(11)15-9-13-10-29-22(28)32-19(13)18(24)20(15)34-2/h3-10H,1-2H3,(H2,28,29,32)(H,30,31,33). The van der Waals surface area contributed by atoms with Crippen molar-refractivity contribution in [3.05, 3.63) is 70.0 Å². The predicted molar refractivity (Wildman–Crippen MR) is 126 cm³/mol. The molecule has 34 heavy (non-hydrogen) atoms. The van der Waals surface area contributed by atoms with Crippen molar-refractivity contribution < 1.29 is 22.7 Å². The fourth-order valence-electron chi connectivity index (χ4n) is 3.44. The predicted octanol–water partition coefficient (Wildman–Crippen LogP) is 5.62. The molecule has 2 aromatic heterocycles. The number of hydrogen-bond donors (Lipinski definition) is 2.